The largest absolute Gasteiger partial charge is 0.375 e. The average Bonchev–Trinajstić information content (AvgIpc) is 2.25. The van der Waals surface area contributed by atoms with Crippen molar-refractivity contribution in [1.82, 2.24) is 0 Å². The molecular formula is C13H22O2. The lowest BCUT2D eigenvalue weighted by atomic mass is 9.78. The smallest absolute Gasteiger partial charge is 0.123 e. The van der Waals surface area contributed by atoms with Gasteiger partial charge in [-0.15, -0.1) is 0 Å². The number of aldehydes is 1. The maximum absolute atomic E-state index is 10.9. The number of carbonyl (C=O) groups is 1. The van der Waals surface area contributed by atoms with E-state index < -0.39 is 0 Å². The third kappa shape index (κ3) is 2.81. The van der Waals surface area contributed by atoms with Gasteiger partial charge in [-0.05, 0) is 25.7 Å². The zero-order valence-electron chi connectivity index (χ0n) is 9.54. The second-order valence-electron chi connectivity index (χ2n) is 5.19. The molecular weight excluding hydrogens is 188 g/mol. The van der Waals surface area contributed by atoms with Crippen LogP contribution in [-0.2, 0) is 9.53 Å². The molecule has 2 aliphatic rings. The van der Waals surface area contributed by atoms with Crippen molar-refractivity contribution in [3.63, 3.8) is 0 Å². The van der Waals surface area contributed by atoms with Crippen molar-refractivity contribution >= 4 is 6.29 Å². The molecule has 0 radical (unpaired) electrons. The standard InChI is InChI=1S/C13H22O2/c14-11-12-6-9-15-13(10-12)7-4-2-1-3-5-8-13/h11-12H,1-10H2. The van der Waals surface area contributed by atoms with Gasteiger partial charge in [0.05, 0.1) is 5.60 Å². The van der Waals surface area contributed by atoms with Crippen molar-refractivity contribution < 1.29 is 9.53 Å². The van der Waals surface area contributed by atoms with Crippen LogP contribution >= 0.6 is 0 Å². The molecule has 1 aliphatic heterocycles. The summed E-state index contributed by atoms with van der Waals surface area (Å²) in [7, 11) is 0. The summed E-state index contributed by atoms with van der Waals surface area (Å²) in [6, 6.07) is 0. The average molecular weight is 210 g/mol. The van der Waals surface area contributed by atoms with E-state index in [2.05, 4.69) is 0 Å². The second kappa shape index (κ2) is 5.11. The molecule has 0 aromatic heterocycles. The fourth-order valence-corrected chi connectivity index (χ4v) is 3.08. The van der Waals surface area contributed by atoms with Crippen LogP contribution in [0.5, 0.6) is 0 Å². The molecule has 1 spiro atoms. The lowest BCUT2D eigenvalue weighted by Gasteiger charge is -2.41. The quantitative estimate of drug-likeness (QED) is 0.622. The number of carbonyl (C=O) groups excluding carboxylic acids is 1. The Hall–Kier alpha value is -0.370. The summed E-state index contributed by atoms with van der Waals surface area (Å²) < 4.78 is 6.02. The molecule has 2 fully saturated rings. The molecule has 0 amide bonds. The van der Waals surface area contributed by atoms with E-state index in [0.29, 0.717) is 0 Å². The molecule has 2 nitrogen and oxygen atoms in total. The van der Waals surface area contributed by atoms with Crippen molar-refractivity contribution in [2.24, 2.45) is 5.92 Å². The zero-order chi connectivity index (χ0) is 10.6. The predicted molar refractivity (Wildman–Crippen MR) is 59.8 cm³/mol. The van der Waals surface area contributed by atoms with Gasteiger partial charge in [0.2, 0.25) is 0 Å². The Morgan fingerprint density at radius 3 is 2.40 bits per heavy atom. The Labute approximate surface area is 92.4 Å². The molecule has 1 saturated carbocycles. The van der Waals surface area contributed by atoms with Crippen molar-refractivity contribution in [2.75, 3.05) is 6.61 Å². The van der Waals surface area contributed by atoms with E-state index in [1.165, 1.54) is 44.9 Å². The molecule has 0 aromatic carbocycles. The van der Waals surface area contributed by atoms with Gasteiger partial charge in [-0.1, -0.05) is 32.1 Å². The minimum absolute atomic E-state index is 0.0737. The van der Waals surface area contributed by atoms with Crippen molar-refractivity contribution in [3.8, 4) is 0 Å². The maximum Gasteiger partial charge on any atom is 0.123 e. The van der Waals surface area contributed by atoms with E-state index in [-0.39, 0.29) is 11.5 Å². The van der Waals surface area contributed by atoms with Crippen molar-refractivity contribution in [3.05, 3.63) is 0 Å². The first-order valence-corrected chi connectivity index (χ1v) is 6.44. The predicted octanol–water partition coefficient (Wildman–Crippen LogP) is 3.10. The fourth-order valence-electron chi connectivity index (χ4n) is 3.08. The summed E-state index contributed by atoms with van der Waals surface area (Å²) in [5, 5.41) is 0. The highest BCUT2D eigenvalue weighted by atomic mass is 16.5. The maximum atomic E-state index is 10.9. The van der Waals surface area contributed by atoms with Crippen LogP contribution in [0, 0.1) is 5.92 Å². The van der Waals surface area contributed by atoms with Crippen molar-refractivity contribution in [1.29, 1.82) is 0 Å². The van der Waals surface area contributed by atoms with Crippen LogP contribution in [0.1, 0.15) is 57.8 Å². The molecule has 86 valence electrons. The van der Waals surface area contributed by atoms with Gasteiger partial charge in [-0.25, -0.2) is 0 Å². The molecule has 0 N–H and O–H groups in total. The molecule has 0 bridgehead atoms. The van der Waals surface area contributed by atoms with Crippen molar-refractivity contribution in [2.45, 2.75) is 63.4 Å². The number of ether oxygens (including phenoxy) is 1. The van der Waals surface area contributed by atoms with Crippen LogP contribution in [-0.4, -0.2) is 18.5 Å². The molecule has 2 rings (SSSR count). The molecule has 1 unspecified atom stereocenters. The first-order valence-electron chi connectivity index (χ1n) is 6.44. The van der Waals surface area contributed by atoms with Gasteiger partial charge >= 0.3 is 0 Å². The number of rotatable bonds is 1. The lowest BCUT2D eigenvalue weighted by Crippen LogP contribution is -2.40. The second-order valence-corrected chi connectivity index (χ2v) is 5.19. The normalized spacial score (nSPS) is 31.9. The highest BCUT2D eigenvalue weighted by molar-refractivity contribution is 5.53. The molecule has 2 heteroatoms. The van der Waals surface area contributed by atoms with E-state index >= 15 is 0 Å². The Balaban J connectivity index is 1.98. The lowest BCUT2D eigenvalue weighted by molar-refractivity contribution is -0.131. The topological polar surface area (TPSA) is 26.3 Å². The molecule has 1 aliphatic carbocycles. The van der Waals surface area contributed by atoms with Gasteiger partial charge in [0.25, 0.3) is 0 Å². The summed E-state index contributed by atoms with van der Waals surface area (Å²) in [4.78, 5) is 10.9. The van der Waals surface area contributed by atoms with Gasteiger partial charge in [0.15, 0.2) is 0 Å². The number of hydrogen-bond donors (Lipinski definition) is 0. The van der Waals surface area contributed by atoms with Crippen LogP contribution in [0.3, 0.4) is 0 Å². The highest BCUT2D eigenvalue weighted by Gasteiger charge is 2.36. The molecule has 15 heavy (non-hydrogen) atoms. The molecule has 0 aromatic rings. The van der Waals surface area contributed by atoms with E-state index in [0.717, 1.165) is 25.7 Å². The van der Waals surface area contributed by atoms with Crippen LogP contribution in [0.15, 0.2) is 0 Å². The van der Waals surface area contributed by atoms with Crippen LogP contribution < -0.4 is 0 Å². The Morgan fingerprint density at radius 1 is 1.07 bits per heavy atom. The van der Waals surface area contributed by atoms with Gasteiger partial charge < -0.3 is 9.53 Å². The summed E-state index contributed by atoms with van der Waals surface area (Å²) in [5.74, 6) is 0.262. The first kappa shape index (κ1) is 11.1. The zero-order valence-corrected chi connectivity index (χ0v) is 9.54. The third-order valence-corrected chi connectivity index (χ3v) is 3.99. The van der Waals surface area contributed by atoms with Gasteiger partial charge in [0, 0.05) is 12.5 Å². The van der Waals surface area contributed by atoms with Gasteiger partial charge in [-0.2, -0.15) is 0 Å². The first-order chi connectivity index (χ1) is 7.35. The summed E-state index contributed by atoms with van der Waals surface area (Å²) in [6.07, 6.45) is 12.1. The van der Waals surface area contributed by atoms with Crippen LogP contribution in [0.25, 0.3) is 0 Å². The monoisotopic (exact) mass is 210 g/mol. The van der Waals surface area contributed by atoms with Crippen LogP contribution in [0.2, 0.25) is 0 Å². The van der Waals surface area contributed by atoms with E-state index in [4.69, 9.17) is 4.74 Å². The SMILES string of the molecule is O=CC1CCOC2(CCCCCCC2)C1. The fraction of sp³-hybridized carbons (Fsp3) is 0.923. The van der Waals surface area contributed by atoms with Crippen LogP contribution in [0.4, 0.5) is 0 Å². The molecule has 1 atom stereocenters. The highest BCUT2D eigenvalue weighted by Crippen LogP contribution is 2.38. The third-order valence-electron chi connectivity index (χ3n) is 3.99. The van der Waals surface area contributed by atoms with E-state index in [1.54, 1.807) is 0 Å². The van der Waals surface area contributed by atoms with E-state index in [9.17, 15) is 4.79 Å². The Kier molecular flexibility index (Phi) is 3.79. The van der Waals surface area contributed by atoms with Gasteiger partial charge in [-0.3, -0.25) is 0 Å². The Bertz CT molecular complexity index is 205. The molecule has 1 saturated heterocycles. The summed E-state index contributed by atoms with van der Waals surface area (Å²) in [5.41, 5.74) is 0.0737. The van der Waals surface area contributed by atoms with Gasteiger partial charge in [0.1, 0.15) is 6.29 Å². The minimum Gasteiger partial charge on any atom is -0.375 e. The Morgan fingerprint density at radius 2 is 1.73 bits per heavy atom. The number of hydrogen-bond acceptors (Lipinski definition) is 2. The molecule has 1 heterocycles. The summed E-state index contributed by atoms with van der Waals surface area (Å²) in [6.45, 7) is 0.795. The van der Waals surface area contributed by atoms with E-state index in [1.807, 2.05) is 0 Å². The summed E-state index contributed by atoms with van der Waals surface area (Å²) >= 11 is 0. The minimum atomic E-state index is 0.0737.